The zero-order chi connectivity index (χ0) is 12.2. The van der Waals surface area contributed by atoms with Crippen molar-refractivity contribution < 1.29 is 4.84 Å². The lowest BCUT2D eigenvalue weighted by atomic mass is 10.1. The van der Waals surface area contributed by atoms with Crippen molar-refractivity contribution in [2.45, 2.75) is 39.5 Å². The first kappa shape index (κ1) is 13.2. The van der Waals surface area contributed by atoms with Gasteiger partial charge in [0.25, 0.3) is 0 Å². The topological polar surface area (TPSA) is 38.5 Å². The molecule has 0 amide bonds. The molecular formula is C13H22N2O. The minimum atomic E-state index is -0.147. The molecule has 1 aromatic rings. The van der Waals surface area contributed by atoms with Gasteiger partial charge in [0.05, 0.1) is 5.60 Å². The van der Waals surface area contributed by atoms with Gasteiger partial charge < -0.3 is 5.73 Å². The third kappa shape index (κ3) is 4.75. The number of hydrogen-bond acceptors (Lipinski definition) is 3. The van der Waals surface area contributed by atoms with Gasteiger partial charge in [-0.2, -0.15) is 5.06 Å². The highest BCUT2D eigenvalue weighted by atomic mass is 16.7. The van der Waals surface area contributed by atoms with E-state index in [1.807, 2.05) is 32.9 Å². The predicted octanol–water partition coefficient (Wildman–Crippen LogP) is 2.31. The summed E-state index contributed by atoms with van der Waals surface area (Å²) in [5, 5.41) is 1.86. The van der Waals surface area contributed by atoms with Gasteiger partial charge in [0.1, 0.15) is 0 Å². The van der Waals surface area contributed by atoms with Gasteiger partial charge in [-0.25, -0.2) is 0 Å². The van der Waals surface area contributed by atoms with E-state index in [2.05, 4.69) is 24.3 Å². The van der Waals surface area contributed by atoms with Gasteiger partial charge in [0.15, 0.2) is 0 Å². The lowest BCUT2D eigenvalue weighted by Crippen LogP contribution is -2.30. The molecule has 0 saturated carbocycles. The van der Waals surface area contributed by atoms with Crippen LogP contribution >= 0.6 is 0 Å². The largest absolute Gasteiger partial charge is 0.326 e. The Morgan fingerprint density at radius 3 is 2.06 bits per heavy atom. The minimum absolute atomic E-state index is 0.147. The average molecular weight is 222 g/mol. The number of nitrogens with zero attached hydrogens (tertiary/aromatic N) is 1. The van der Waals surface area contributed by atoms with Crippen LogP contribution in [0.15, 0.2) is 24.3 Å². The smallest absolute Gasteiger partial charge is 0.0815 e. The maximum absolute atomic E-state index is 5.71. The van der Waals surface area contributed by atoms with Crippen LogP contribution in [0.25, 0.3) is 0 Å². The minimum Gasteiger partial charge on any atom is -0.326 e. The summed E-state index contributed by atoms with van der Waals surface area (Å²) in [7, 11) is 1.95. The molecule has 0 spiro atoms. The van der Waals surface area contributed by atoms with E-state index < -0.39 is 0 Å². The highest BCUT2D eigenvalue weighted by Gasteiger charge is 2.14. The van der Waals surface area contributed by atoms with Crippen LogP contribution in [0.5, 0.6) is 0 Å². The van der Waals surface area contributed by atoms with Gasteiger partial charge in [0, 0.05) is 20.1 Å². The molecule has 0 saturated heterocycles. The summed E-state index contributed by atoms with van der Waals surface area (Å²) in [5.74, 6) is 0. The lowest BCUT2D eigenvalue weighted by molar-refractivity contribution is -0.219. The molecule has 0 aliphatic carbocycles. The third-order valence-corrected chi connectivity index (χ3v) is 2.09. The third-order valence-electron chi connectivity index (χ3n) is 2.09. The molecule has 1 aromatic carbocycles. The Kier molecular flexibility index (Phi) is 4.47. The van der Waals surface area contributed by atoms with E-state index in [1.54, 1.807) is 0 Å². The fourth-order valence-electron chi connectivity index (χ4n) is 1.54. The zero-order valence-electron chi connectivity index (χ0n) is 10.7. The number of hydrogen-bond donors (Lipinski definition) is 1. The first-order valence-electron chi connectivity index (χ1n) is 5.59. The fourth-order valence-corrected chi connectivity index (χ4v) is 1.54. The second-order valence-corrected chi connectivity index (χ2v) is 5.01. The van der Waals surface area contributed by atoms with Crippen molar-refractivity contribution in [3.8, 4) is 0 Å². The molecule has 0 aromatic heterocycles. The maximum Gasteiger partial charge on any atom is 0.0815 e. The highest BCUT2D eigenvalue weighted by molar-refractivity contribution is 5.22. The van der Waals surface area contributed by atoms with Crippen LogP contribution in [0.4, 0.5) is 0 Å². The van der Waals surface area contributed by atoms with Crippen molar-refractivity contribution in [2.24, 2.45) is 5.73 Å². The monoisotopic (exact) mass is 222 g/mol. The molecule has 3 heteroatoms. The van der Waals surface area contributed by atoms with Gasteiger partial charge in [-0.05, 0) is 31.9 Å². The molecule has 90 valence electrons. The molecule has 0 atom stereocenters. The number of hydroxylamine groups is 2. The van der Waals surface area contributed by atoms with E-state index >= 15 is 0 Å². The summed E-state index contributed by atoms with van der Waals surface area (Å²) in [6, 6.07) is 8.29. The van der Waals surface area contributed by atoms with E-state index in [4.69, 9.17) is 10.6 Å². The van der Waals surface area contributed by atoms with Crippen molar-refractivity contribution in [2.75, 3.05) is 7.05 Å². The first-order chi connectivity index (χ1) is 7.40. The molecule has 0 unspecified atom stereocenters. The van der Waals surface area contributed by atoms with E-state index in [1.165, 1.54) is 5.56 Å². The summed E-state index contributed by atoms with van der Waals surface area (Å²) in [6.07, 6.45) is 0. The van der Waals surface area contributed by atoms with E-state index in [0.717, 1.165) is 12.1 Å². The van der Waals surface area contributed by atoms with Gasteiger partial charge in [-0.15, -0.1) is 0 Å². The Bertz CT molecular complexity index is 314. The van der Waals surface area contributed by atoms with Crippen LogP contribution in [0.1, 0.15) is 31.9 Å². The second kappa shape index (κ2) is 5.43. The molecule has 16 heavy (non-hydrogen) atoms. The molecular weight excluding hydrogens is 200 g/mol. The molecule has 1 rings (SSSR count). The van der Waals surface area contributed by atoms with Crippen LogP contribution < -0.4 is 5.73 Å². The van der Waals surface area contributed by atoms with Crippen LogP contribution in [-0.4, -0.2) is 17.7 Å². The van der Waals surface area contributed by atoms with Gasteiger partial charge >= 0.3 is 0 Å². The molecule has 0 heterocycles. The van der Waals surface area contributed by atoms with Crippen molar-refractivity contribution in [3.05, 3.63) is 35.4 Å². The number of rotatable bonds is 4. The zero-order valence-corrected chi connectivity index (χ0v) is 10.7. The Morgan fingerprint density at radius 1 is 1.12 bits per heavy atom. The van der Waals surface area contributed by atoms with E-state index in [0.29, 0.717) is 6.54 Å². The Labute approximate surface area is 98.2 Å². The van der Waals surface area contributed by atoms with E-state index in [-0.39, 0.29) is 5.60 Å². The quantitative estimate of drug-likeness (QED) is 0.794. The Balaban J connectivity index is 2.53. The maximum atomic E-state index is 5.71. The first-order valence-corrected chi connectivity index (χ1v) is 5.59. The van der Waals surface area contributed by atoms with Crippen molar-refractivity contribution in [3.63, 3.8) is 0 Å². The predicted molar refractivity (Wildman–Crippen MR) is 66.6 cm³/mol. The van der Waals surface area contributed by atoms with Crippen molar-refractivity contribution in [1.29, 1.82) is 0 Å². The van der Waals surface area contributed by atoms with Crippen LogP contribution in [0.2, 0.25) is 0 Å². The summed E-state index contributed by atoms with van der Waals surface area (Å²) < 4.78 is 0. The molecule has 0 radical (unpaired) electrons. The lowest BCUT2D eigenvalue weighted by Gasteiger charge is -2.26. The Hall–Kier alpha value is -0.900. The molecule has 0 bridgehead atoms. The standard InChI is InChI=1S/C13H22N2O/c1-13(2,3)16-15(4)10-12-7-5-11(9-14)6-8-12/h5-8H,9-10,14H2,1-4H3. The molecule has 0 aliphatic rings. The van der Waals surface area contributed by atoms with E-state index in [9.17, 15) is 0 Å². The molecule has 3 nitrogen and oxygen atoms in total. The average Bonchev–Trinajstić information content (AvgIpc) is 2.16. The van der Waals surface area contributed by atoms with Crippen molar-refractivity contribution in [1.82, 2.24) is 5.06 Å². The second-order valence-electron chi connectivity index (χ2n) is 5.01. The Morgan fingerprint density at radius 2 is 1.62 bits per heavy atom. The fraction of sp³-hybridized carbons (Fsp3) is 0.538. The van der Waals surface area contributed by atoms with Crippen LogP contribution in [0.3, 0.4) is 0 Å². The van der Waals surface area contributed by atoms with Crippen LogP contribution in [0, 0.1) is 0 Å². The van der Waals surface area contributed by atoms with Gasteiger partial charge in [0.2, 0.25) is 0 Å². The molecule has 2 N–H and O–H groups in total. The summed E-state index contributed by atoms with van der Waals surface area (Å²) in [5.41, 5.74) is 7.78. The summed E-state index contributed by atoms with van der Waals surface area (Å²) in [6.45, 7) is 7.50. The highest BCUT2D eigenvalue weighted by Crippen LogP contribution is 2.12. The van der Waals surface area contributed by atoms with Crippen molar-refractivity contribution >= 4 is 0 Å². The van der Waals surface area contributed by atoms with Gasteiger partial charge in [-0.1, -0.05) is 24.3 Å². The summed E-state index contributed by atoms with van der Waals surface area (Å²) >= 11 is 0. The number of nitrogens with two attached hydrogens (primary N) is 1. The normalized spacial score (nSPS) is 12.1. The molecule has 0 aliphatic heterocycles. The number of benzene rings is 1. The van der Waals surface area contributed by atoms with Crippen LogP contribution in [-0.2, 0) is 17.9 Å². The SMILES string of the molecule is CN(Cc1ccc(CN)cc1)OC(C)(C)C. The summed E-state index contributed by atoms with van der Waals surface area (Å²) in [4.78, 5) is 5.71. The van der Waals surface area contributed by atoms with Gasteiger partial charge in [-0.3, -0.25) is 4.84 Å². The molecule has 0 fully saturated rings.